The average Bonchev–Trinajstić information content (AvgIpc) is 3.44. The second kappa shape index (κ2) is 10.2. The van der Waals surface area contributed by atoms with Crippen LogP contribution in [-0.4, -0.2) is 44.0 Å². The Balaban J connectivity index is 1.64. The first-order valence-electron chi connectivity index (χ1n) is 9.54. The summed E-state index contributed by atoms with van der Waals surface area (Å²) in [6.07, 6.45) is 0.987. The Kier molecular flexibility index (Phi) is 7.62. The number of hydrogen-bond acceptors (Lipinski definition) is 9. The van der Waals surface area contributed by atoms with Gasteiger partial charge in [-0.05, 0) is 33.3 Å². The molecule has 160 valence electrons. The van der Waals surface area contributed by atoms with Crippen molar-refractivity contribution in [1.29, 1.82) is 0 Å². The van der Waals surface area contributed by atoms with E-state index < -0.39 is 5.97 Å². The lowest BCUT2D eigenvalue weighted by Crippen LogP contribution is -2.14. The molecule has 30 heavy (non-hydrogen) atoms. The van der Waals surface area contributed by atoms with Gasteiger partial charge in [-0.15, -0.1) is 21.5 Å². The third-order valence-electron chi connectivity index (χ3n) is 4.13. The van der Waals surface area contributed by atoms with Crippen LogP contribution in [0.15, 0.2) is 16.6 Å². The summed E-state index contributed by atoms with van der Waals surface area (Å²) in [6, 6.07) is 2.13. The smallest absolute Gasteiger partial charge is 0.350 e. The predicted octanol–water partition coefficient (Wildman–Crippen LogP) is 4.26. The minimum Gasteiger partial charge on any atom is -0.462 e. The number of ether oxygens (including phenoxy) is 1. The van der Waals surface area contributed by atoms with Gasteiger partial charge in [0.2, 0.25) is 5.91 Å². The van der Waals surface area contributed by atoms with E-state index in [0.29, 0.717) is 34.0 Å². The first kappa shape index (κ1) is 22.4. The van der Waals surface area contributed by atoms with E-state index in [1.165, 1.54) is 16.6 Å². The standard InChI is InChI=1S/C19H23N5O3S3/c1-5-13-8-12(9-28-13)16-22-23-19(24(16)6-2)29-10-14(25)21-18-20-11(4)15(30-18)17(26)27-7-3/h8-9H,5-7,10H2,1-4H3,(H,20,21,25). The van der Waals surface area contributed by atoms with Crippen molar-refractivity contribution >= 4 is 51.4 Å². The Bertz CT molecular complexity index is 1040. The summed E-state index contributed by atoms with van der Waals surface area (Å²) in [7, 11) is 0. The average molecular weight is 466 g/mol. The highest BCUT2D eigenvalue weighted by atomic mass is 32.2. The van der Waals surface area contributed by atoms with Gasteiger partial charge in [0.1, 0.15) is 4.88 Å². The first-order chi connectivity index (χ1) is 14.5. The van der Waals surface area contributed by atoms with E-state index >= 15 is 0 Å². The number of carbonyl (C=O) groups is 2. The molecule has 0 radical (unpaired) electrons. The number of amides is 1. The lowest BCUT2D eigenvalue weighted by molar-refractivity contribution is -0.113. The van der Waals surface area contributed by atoms with Crippen LogP contribution in [0.3, 0.4) is 0 Å². The van der Waals surface area contributed by atoms with Crippen LogP contribution >= 0.6 is 34.4 Å². The highest BCUT2D eigenvalue weighted by molar-refractivity contribution is 7.99. The van der Waals surface area contributed by atoms with Gasteiger partial charge in [0.05, 0.1) is 18.1 Å². The topological polar surface area (TPSA) is 99.0 Å². The van der Waals surface area contributed by atoms with Gasteiger partial charge in [-0.25, -0.2) is 9.78 Å². The van der Waals surface area contributed by atoms with Crippen molar-refractivity contribution in [2.75, 3.05) is 17.7 Å². The Hall–Kier alpha value is -2.24. The number of aryl methyl sites for hydroxylation is 2. The molecule has 1 N–H and O–H groups in total. The zero-order valence-corrected chi connectivity index (χ0v) is 19.7. The molecule has 0 atom stereocenters. The number of nitrogens with zero attached hydrogens (tertiary/aromatic N) is 4. The van der Waals surface area contributed by atoms with Crippen molar-refractivity contribution in [2.24, 2.45) is 0 Å². The van der Waals surface area contributed by atoms with Gasteiger partial charge in [0.15, 0.2) is 16.1 Å². The fourth-order valence-corrected chi connectivity index (χ4v) is 5.19. The lowest BCUT2D eigenvalue weighted by Gasteiger charge is -2.06. The Morgan fingerprint density at radius 1 is 1.27 bits per heavy atom. The number of thioether (sulfide) groups is 1. The van der Waals surface area contributed by atoms with Crippen LogP contribution in [-0.2, 0) is 22.5 Å². The van der Waals surface area contributed by atoms with Crippen molar-refractivity contribution < 1.29 is 14.3 Å². The molecule has 0 aromatic carbocycles. The normalized spacial score (nSPS) is 10.9. The quantitative estimate of drug-likeness (QED) is 0.372. The van der Waals surface area contributed by atoms with Gasteiger partial charge < -0.3 is 14.6 Å². The summed E-state index contributed by atoms with van der Waals surface area (Å²) in [6.45, 7) is 8.61. The summed E-state index contributed by atoms with van der Waals surface area (Å²) in [5.41, 5.74) is 1.59. The minimum absolute atomic E-state index is 0.162. The minimum atomic E-state index is -0.425. The molecule has 0 spiro atoms. The van der Waals surface area contributed by atoms with Crippen molar-refractivity contribution in [3.8, 4) is 11.4 Å². The van der Waals surface area contributed by atoms with E-state index in [-0.39, 0.29) is 11.7 Å². The molecule has 3 heterocycles. The summed E-state index contributed by atoms with van der Waals surface area (Å²) in [5, 5.41) is 14.5. The molecule has 3 rings (SSSR count). The highest BCUT2D eigenvalue weighted by Crippen LogP contribution is 2.28. The number of aromatic nitrogens is 4. The predicted molar refractivity (Wildman–Crippen MR) is 121 cm³/mol. The Morgan fingerprint density at radius 2 is 2.07 bits per heavy atom. The third kappa shape index (κ3) is 5.08. The number of carbonyl (C=O) groups excluding carboxylic acids is 2. The van der Waals surface area contributed by atoms with Crippen molar-refractivity contribution in [1.82, 2.24) is 19.7 Å². The third-order valence-corrected chi connectivity index (χ3v) is 7.23. The van der Waals surface area contributed by atoms with E-state index in [0.717, 1.165) is 29.1 Å². The number of hydrogen-bond donors (Lipinski definition) is 1. The van der Waals surface area contributed by atoms with E-state index in [1.807, 2.05) is 11.5 Å². The maximum Gasteiger partial charge on any atom is 0.350 e. The molecule has 0 fully saturated rings. The number of thiophene rings is 1. The van der Waals surface area contributed by atoms with Gasteiger partial charge in [-0.3, -0.25) is 4.79 Å². The monoisotopic (exact) mass is 465 g/mol. The molecule has 0 aliphatic heterocycles. The molecule has 0 aliphatic rings. The number of anilines is 1. The van der Waals surface area contributed by atoms with Crippen LogP contribution in [0.4, 0.5) is 5.13 Å². The van der Waals surface area contributed by atoms with Crippen LogP contribution in [0.5, 0.6) is 0 Å². The van der Waals surface area contributed by atoms with E-state index in [4.69, 9.17) is 4.74 Å². The fraction of sp³-hybridized carbons (Fsp3) is 0.421. The van der Waals surface area contributed by atoms with Crippen LogP contribution in [0.2, 0.25) is 0 Å². The van der Waals surface area contributed by atoms with Gasteiger partial charge in [0.25, 0.3) is 0 Å². The maximum absolute atomic E-state index is 12.4. The molecule has 11 heteroatoms. The molecule has 0 saturated heterocycles. The molecule has 1 amide bonds. The molecule has 3 aromatic heterocycles. The molecule has 8 nitrogen and oxygen atoms in total. The van der Waals surface area contributed by atoms with Gasteiger partial charge in [0, 0.05) is 22.4 Å². The van der Waals surface area contributed by atoms with Crippen molar-refractivity contribution in [3.63, 3.8) is 0 Å². The van der Waals surface area contributed by atoms with Gasteiger partial charge in [-0.2, -0.15) is 0 Å². The van der Waals surface area contributed by atoms with Gasteiger partial charge >= 0.3 is 5.97 Å². The highest BCUT2D eigenvalue weighted by Gasteiger charge is 2.19. The molecular weight excluding hydrogens is 442 g/mol. The van der Waals surface area contributed by atoms with E-state index in [9.17, 15) is 9.59 Å². The molecule has 0 saturated carbocycles. The van der Waals surface area contributed by atoms with Crippen LogP contribution < -0.4 is 5.32 Å². The van der Waals surface area contributed by atoms with Crippen molar-refractivity contribution in [3.05, 3.63) is 26.9 Å². The van der Waals surface area contributed by atoms with Crippen LogP contribution in [0.25, 0.3) is 11.4 Å². The van der Waals surface area contributed by atoms with Crippen LogP contribution in [0.1, 0.15) is 41.0 Å². The number of esters is 1. The largest absolute Gasteiger partial charge is 0.462 e. The first-order valence-corrected chi connectivity index (χ1v) is 12.2. The Morgan fingerprint density at radius 3 is 2.73 bits per heavy atom. The van der Waals surface area contributed by atoms with Crippen molar-refractivity contribution in [2.45, 2.75) is 45.8 Å². The second-order valence-corrected chi connectivity index (χ2v) is 9.13. The molecule has 0 bridgehead atoms. The lowest BCUT2D eigenvalue weighted by atomic mass is 10.2. The maximum atomic E-state index is 12.4. The summed E-state index contributed by atoms with van der Waals surface area (Å²) in [4.78, 5) is 30.2. The molecule has 0 unspecified atom stereocenters. The number of nitrogens with one attached hydrogen (secondary N) is 1. The van der Waals surface area contributed by atoms with E-state index in [1.54, 1.807) is 25.2 Å². The number of thiazole rings is 1. The summed E-state index contributed by atoms with van der Waals surface area (Å²) in [5.74, 6) is 0.326. The molecule has 3 aromatic rings. The molecular formula is C19H23N5O3S3. The fourth-order valence-electron chi connectivity index (χ4n) is 2.70. The summed E-state index contributed by atoms with van der Waals surface area (Å²) < 4.78 is 7.01. The zero-order valence-electron chi connectivity index (χ0n) is 17.2. The van der Waals surface area contributed by atoms with Crippen LogP contribution in [0, 0.1) is 6.92 Å². The molecule has 0 aliphatic carbocycles. The SMILES string of the molecule is CCOC(=O)c1sc(NC(=O)CSc2nnc(-c3csc(CC)c3)n2CC)nc1C. The van der Waals surface area contributed by atoms with E-state index in [2.05, 4.69) is 38.9 Å². The summed E-state index contributed by atoms with van der Waals surface area (Å²) >= 11 is 4.14. The van der Waals surface area contributed by atoms with Gasteiger partial charge in [-0.1, -0.05) is 30.0 Å². The second-order valence-electron chi connectivity index (χ2n) is 6.20. The zero-order chi connectivity index (χ0) is 21.7. The Labute approximate surface area is 187 Å². The number of rotatable bonds is 9.